The van der Waals surface area contributed by atoms with Crippen molar-refractivity contribution in [3.05, 3.63) is 71.4 Å². The molecule has 32 heavy (non-hydrogen) atoms. The van der Waals surface area contributed by atoms with Crippen molar-refractivity contribution >= 4 is 39.3 Å². The monoisotopic (exact) mass is 454 g/mol. The maximum atomic E-state index is 13.3. The van der Waals surface area contributed by atoms with Gasteiger partial charge in [0.15, 0.2) is 5.76 Å². The molecule has 2 amide bonds. The molecule has 0 saturated carbocycles. The molecule has 1 saturated heterocycles. The first-order valence-corrected chi connectivity index (χ1v) is 11.1. The molecular formula is C22H18N2O7S. The van der Waals surface area contributed by atoms with Crippen LogP contribution in [0.1, 0.15) is 28.8 Å². The van der Waals surface area contributed by atoms with Gasteiger partial charge in [-0.3, -0.25) is 23.6 Å². The van der Waals surface area contributed by atoms with Crippen LogP contribution in [0.5, 0.6) is 0 Å². The molecule has 4 rings (SSSR count). The molecule has 0 aromatic heterocycles. The Labute approximate surface area is 183 Å². The number of ketones is 1. The van der Waals surface area contributed by atoms with Gasteiger partial charge in [0.2, 0.25) is 17.6 Å². The second kappa shape index (κ2) is 8.04. The fourth-order valence-corrected chi connectivity index (χ4v) is 4.96. The molecule has 10 heteroatoms. The summed E-state index contributed by atoms with van der Waals surface area (Å²) in [5.74, 6) is -2.88. The number of benzene rings is 2. The van der Waals surface area contributed by atoms with Crippen LogP contribution in [0.3, 0.4) is 0 Å². The van der Waals surface area contributed by atoms with Crippen LogP contribution in [-0.4, -0.2) is 54.8 Å². The number of nitrogens with zero attached hydrogens (tertiary/aromatic N) is 2. The number of likely N-dealkylation sites (N-methyl/N-ethyl adjacent to an activating group) is 1. The smallest absolute Gasteiger partial charge is 0.331 e. The van der Waals surface area contributed by atoms with Crippen molar-refractivity contribution in [1.82, 2.24) is 9.21 Å². The van der Waals surface area contributed by atoms with Gasteiger partial charge >= 0.3 is 5.97 Å². The van der Waals surface area contributed by atoms with Gasteiger partial charge in [-0.25, -0.2) is 13.2 Å². The van der Waals surface area contributed by atoms with Crippen LogP contribution < -0.4 is 0 Å². The number of carbonyl (C=O) groups is 4. The second-order valence-corrected chi connectivity index (χ2v) is 9.13. The quantitative estimate of drug-likeness (QED) is 0.382. The normalized spacial score (nSPS) is 17.4. The van der Waals surface area contributed by atoms with Crippen molar-refractivity contribution in [2.24, 2.45) is 0 Å². The van der Waals surface area contributed by atoms with Crippen molar-refractivity contribution in [3.8, 4) is 0 Å². The summed E-state index contributed by atoms with van der Waals surface area (Å²) in [6.07, 6.45) is 0.0206. The van der Waals surface area contributed by atoms with E-state index in [0.29, 0.717) is 0 Å². The number of amides is 2. The number of allylic oxidation sites excluding steroid dienone is 1. The van der Waals surface area contributed by atoms with Crippen LogP contribution in [0.2, 0.25) is 0 Å². The molecule has 1 fully saturated rings. The standard InChI is InChI=1S/C22H18N2O7S/c1-23-20(21(28)14-7-3-2-4-8-14)22(15-9-5-6-10-16(15)32(23,29)30)31-19(27)13-24-17(25)11-12-18(24)26/h2-10H,11-13H2,1H3. The highest BCUT2D eigenvalue weighted by Gasteiger charge is 2.40. The first-order valence-electron chi connectivity index (χ1n) is 9.68. The molecule has 164 valence electrons. The van der Waals surface area contributed by atoms with Crippen molar-refractivity contribution in [1.29, 1.82) is 0 Å². The van der Waals surface area contributed by atoms with E-state index in [4.69, 9.17) is 4.74 Å². The molecule has 0 spiro atoms. The molecule has 0 N–H and O–H groups in total. The molecule has 2 heterocycles. The summed E-state index contributed by atoms with van der Waals surface area (Å²) < 4.78 is 32.3. The second-order valence-electron chi connectivity index (χ2n) is 7.19. The lowest BCUT2D eigenvalue weighted by Gasteiger charge is -2.30. The highest BCUT2D eigenvalue weighted by Crippen LogP contribution is 2.38. The number of hydrogen-bond donors (Lipinski definition) is 0. The Kier molecular flexibility index (Phi) is 5.39. The number of likely N-dealkylation sites (tertiary alicyclic amines) is 1. The summed E-state index contributed by atoms with van der Waals surface area (Å²) in [6, 6.07) is 13.8. The Bertz CT molecular complexity index is 1270. The number of ether oxygens (including phenoxy) is 1. The minimum atomic E-state index is -4.09. The Morgan fingerprint density at radius 3 is 2.19 bits per heavy atom. The predicted octanol–water partition coefficient (Wildman–Crippen LogP) is 1.56. The third-order valence-corrected chi connectivity index (χ3v) is 7.02. The van der Waals surface area contributed by atoms with E-state index in [1.165, 1.54) is 37.4 Å². The average Bonchev–Trinajstić information content (AvgIpc) is 3.10. The number of hydrogen-bond acceptors (Lipinski definition) is 7. The summed E-state index contributed by atoms with van der Waals surface area (Å²) in [5, 5.41) is 0. The Hall–Kier alpha value is -3.79. The van der Waals surface area contributed by atoms with E-state index in [2.05, 4.69) is 0 Å². The lowest BCUT2D eigenvalue weighted by Crippen LogP contribution is -2.38. The minimum Gasteiger partial charge on any atom is -0.422 e. The van der Waals surface area contributed by atoms with Gasteiger partial charge in [0.25, 0.3) is 10.0 Å². The van der Waals surface area contributed by atoms with Crippen molar-refractivity contribution < 1.29 is 32.3 Å². The molecule has 0 bridgehead atoms. The lowest BCUT2D eigenvalue weighted by atomic mass is 10.0. The Balaban J connectivity index is 1.81. The zero-order valence-electron chi connectivity index (χ0n) is 17.0. The van der Waals surface area contributed by atoms with Crippen LogP contribution in [0.15, 0.2) is 65.2 Å². The number of sulfonamides is 1. The lowest BCUT2D eigenvalue weighted by molar-refractivity contribution is -0.148. The minimum absolute atomic E-state index is 0.0103. The van der Waals surface area contributed by atoms with E-state index >= 15 is 0 Å². The summed E-state index contributed by atoms with van der Waals surface area (Å²) in [7, 11) is -2.89. The SMILES string of the molecule is CN1C(C(=O)c2ccccc2)=C(OC(=O)CN2C(=O)CCC2=O)c2ccccc2S1(=O)=O. The van der Waals surface area contributed by atoms with Gasteiger partial charge in [0, 0.05) is 31.0 Å². The maximum Gasteiger partial charge on any atom is 0.331 e. The highest BCUT2D eigenvalue weighted by atomic mass is 32.2. The van der Waals surface area contributed by atoms with E-state index in [-0.39, 0.29) is 40.3 Å². The van der Waals surface area contributed by atoms with Crippen LogP contribution >= 0.6 is 0 Å². The third-order valence-electron chi connectivity index (χ3n) is 5.21. The molecule has 0 unspecified atom stereocenters. The topological polar surface area (TPSA) is 118 Å². The molecule has 0 aliphatic carbocycles. The molecule has 0 atom stereocenters. The summed E-state index contributed by atoms with van der Waals surface area (Å²) >= 11 is 0. The Morgan fingerprint density at radius 1 is 0.938 bits per heavy atom. The molecule has 2 aliphatic heterocycles. The number of fused-ring (bicyclic) bond motifs is 1. The number of rotatable bonds is 5. The summed E-state index contributed by atoms with van der Waals surface area (Å²) in [6.45, 7) is -0.632. The fourth-order valence-electron chi connectivity index (χ4n) is 3.57. The molecular weight excluding hydrogens is 436 g/mol. The van der Waals surface area contributed by atoms with Gasteiger partial charge in [-0.15, -0.1) is 0 Å². The van der Waals surface area contributed by atoms with Crippen LogP contribution in [0.4, 0.5) is 0 Å². The first-order chi connectivity index (χ1) is 15.2. The number of imide groups is 1. The Morgan fingerprint density at radius 2 is 1.53 bits per heavy atom. The van der Waals surface area contributed by atoms with Crippen molar-refractivity contribution in [2.45, 2.75) is 17.7 Å². The predicted molar refractivity (Wildman–Crippen MR) is 111 cm³/mol. The fraction of sp³-hybridized carbons (Fsp3) is 0.182. The number of carbonyl (C=O) groups excluding carboxylic acids is 4. The molecule has 9 nitrogen and oxygen atoms in total. The first kappa shape index (κ1) is 21.4. The molecule has 0 radical (unpaired) electrons. The molecule has 2 aliphatic rings. The van der Waals surface area contributed by atoms with Crippen molar-refractivity contribution in [3.63, 3.8) is 0 Å². The van der Waals surface area contributed by atoms with E-state index in [1.54, 1.807) is 24.3 Å². The van der Waals surface area contributed by atoms with Gasteiger partial charge in [-0.1, -0.05) is 42.5 Å². The van der Waals surface area contributed by atoms with Gasteiger partial charge in [-0.05, 0) is 12.1 Å². The van der Waals surface area contributed by atoms with Crippen molar-refractivity contribution in [2.75, 3.05) is 13.6 Å². The van der Waals surface area contributed by atoms with E-state index < -0.39 is 40.1 Å². The third kappa shape index (κ3) is 3.58. The summed E-state index contributed by atoms with van der Waals surface area (Å²) in [5.41, 5.74) is -0.109. The summed E-state index contributed by atoms with van der Waals surface area (Å²) in [4.78, 5) is 50.3. The number of Topliss-reactive ketones (excluding diaryl/α,β-unsaturated/α-hetero) is 1. The van der Waals surface area contributed by atoms with Crippen LogP contribution in [0, 0.1) is 0 Å². The van der Waals surface area contributed by atoms with Gasteiger partial charge in [0.1, 0.15) is 12.2 Å². The van der Waals surface area contributed by atoms with Crippen LogP contribution in [0.25, 0.3) is 5.76 Å². The average molecular weight is 454 g/mol. The van der Waals surface area contributed by atoms with E-state index in [1.807, 2.05) is 0 Å². The van der Waals surface area contributed by atoms with Gasteiger partial charge in [-0.2, -0.15) is 0 Å². The van der Waals surface area contributed by atoms with E-state index in [0.717, 1.165) is 9.21 Å². The van der Waals surface area contributed by atoms with Crippen LogP contribution in [-0.2, 0) is 29.1 Å². The number of esters is 1. The highest BCUT2D eigenvalue weighted by molar-refractivity contribution is 7.89. The zero-order chi connectivity index (χ0) is 23.0. The maximum absolute atomic E-state index is 13.3. The van der Waals surface area contributed by atoms with Gasteiger partial charge < -0.3 is 4.74 Å². The van der Waals surface area contributed by atoms with Gasteiger partial charge in [0.05, 0.1) is 4.90 Å². The van der Waals surface area contributed by atoms with E-state index in [9.17, 15) is 27.6 Å². The zero-order valence-corrected chi connectivity index (χ0v) is 17.8. The molecule has 2 aromatic rings. The molecule has 2 aromatic carbocycles. The largest absolute Gasteiger partial charge is 0.422 e.